The first-order valence-corrected chi connectivity index (χ1v) is 7.88. The Kier molecular flexibility index (Phi) is 5.14. The van der Waals surface area contributed by atoms with E-state index < -0.39 is 0 Å². The second-order valence-corrected chi connectivity index (χ2v) is 5.83. The molecule has 0 saturated heterocycles. The number of aryl methyl sites for hydroxylation is 1. The first kappa shape index (κ1) is 15.0. The Labute approximate surface area is 130 Å². The number of hydrogen-bond donors (Lipinski definition) is 0. The lowest BCUT2D eigenvalue weighted by Gasteiger charge is -2.04. The maximum atomic E-state index is 5.34. The number of thiazole rings is 1. The van der Waals surface area contributed by atoms with Crippen molar-refractivity contribution >= 4 is 33.5 Å². The lowest BCUT2D eigenvalue weighted by Crippen LogP contribution is -2.12. The summed E-state index contributed by atoms with van der Waals surface area (Å²) >= 11 is 5.05. The van der Waals surface area contributed by atoms with Crippen molar-refractivity contribution in [1.29, 1.82) is 0 Å². The molecule has 0 aliphatic carbocycles. The molecule has 2 rings (SSSR count). The Morgan fingerprint density at radius 2 is 2.25 bits per heavy atom. The van der Waals surface area contributed by atoms with E-state index in [0.717, 1.165) is 32.8 Å². The third-order valence-electron chi connectivity index (χ3n) is 2.65. The second-order valence-electron chi connectivity index (χ2n) is 4.08. The standard InChI is InChI=1S/C14H16BrN3OS/c1-4-16-14-18(10(2)9-20-14)17-8-11-7-12(15)5-6-13(11)19-3/h5-9H,4H2,1-3H3/b16-14?,17-8-. The van der Waals surface area contributed by atoms with Crippen LogP contribution in [0.2, 0.25) is 0 Å². The molecule has 1 aromatic carbocycles. The van der Waals surface area contributed by atoms with Gasteiger partial charge >= 0.3 is 0 Å². The molecule has 0 amide bonds. The minimum Gasteiger partial charge on any atom is -0.496 e. The van der Waals surface area contributed by atoms with Crippen molar-refractivity contribution < 1.29 is 4.74 Å². The average Bonchev–Trinajstić information content (AvgIpc) is 2.78. The SMILES string of the molecule is CCN=c1scc(C)n1/N=C\c1cc(Br)ccc1OC. The van der Waals surface area contributed by atoms with Crippen molar-refractivity contribution in [2.24, 2.45) is 10.1 Å². The van der Waals surface area contributed by atoms with Gasteiger partial charge in [0.15, 0.2) is 0 Å². The summed E-state index contributed by atoms with van der Waals surface area (Å²) in [6.45, 7) is 4.77. The summed E-state index contributed by atoms with van der Waals surface area (Å²) in [6.07, 6.45) is 1.79. The van der Waals surface area contributed by atoms with E-state index in [1.165, 1.54) is 0 Å². The quantitative estimate of drug-likeness (QED) is 0.776. The highest BCUT2D eigenvalue weighted by Crippen LogP contribution is 2.21. The van der Waals surface area contributed by atoms with Crippen molar-refractivity contribution in [3.8, 4) is 5.75 Å². The van der Waals surface area contributed by atoms with Crippen LogP contribution in [0.5, 0.6) is 5.75 Å². The van der Waals surface area contributed by atoms with E-state index in [4.69, 9.17) is 4.74 Å². The van der Waals surface area contributed by atoms with Crippen LogP contribution in [-0.4, -0.2) is 24.5 Å². The molecule has 106 valence electrons. The normalized spacial score (nSPS) is 12.3. The number of ether oxygens (including phenoxy) is 1. The summed E-state index contributed by atoms with van der Waals surface area (Å²) in [5, 5.41) is 6.56. The van der Waals surface area contributed by atoms with Gasteiger partial charge in [-0.3, -0.25) is 4.99 Å². The fraction of sp³-hybridized carbons (Fsp3) is 0.286. The molecule has 20 heavy (non-hydrogen) atoms. The Morgan fingerprint density at radius 3 is 2.95 bits per heavy atom. The summed E-state index contributed by atoms with van der Waals surface area (Å²) in [4.78, 5) is 5.33. The highest BCUT2D eigenvalue weighted by atomic mass is 79.9. The van der Waals surface area contributed by atoms with Crippen molar-refractivity contribution in [2.75, 3.05) is 13.7 Å². The fourth-order valence-electron chi connectivity index (χ4n) is 1.69. The molecule has 1 aromatic heterocycles. The van der Waals surface area contributed by atoms with Crippen LogP contribution in [0.3, 0.4) is 0 Å². The molecule has 0 saturated carbocycles. The van der Waals surface area contributed by atoms with E-state index in [9.17, 15) is 0 Å². The molecule has 0 aliphatic heterocycles. The summed E-state index contributed by atoms with van der Waals surface area (Å²) in [5.41, 5.74) is 1.98. The van der Waals surface area contributed by atoms with Crippen LogP contribution in [-0.2, 0) is 0 Å². The number of benzene rings is 1. The minimum absolute atomic E-state index is 0.746. The van der Waals surface area contributed by atoms with Crippen molar-refractivity contribution in [3.63, 3.8) is 0 Å². The van der Waals surface area contributed by atoms with Crippen LogP contribution in [0.1, 0.15) is 18.2 Å². The highest BCUT2D eigenvalue weighted by Gasteiger charge is 2.02. The maximum absolute atomic E-state index is 5.34. The van der Waals surface area contributed by atoms with E-state index in [1.54, 1.807) is 24.7 Å². The van der Waals surface area contributed by atoms with Gasteiger partial charge in [-0.1, -0.05) is 15.9 Å². The number of halogens is 1. The van der Waals surface area contributed by atoms with Crippen LogP contribution < -0.4 is 9.54 Å². The van der Waals surface area contributed by atoms with Crippen molar-refractivity contribution in [3.05, 3.63) is 44.1 Å². The number of methoxy groups -OCH3 is 1. The van der Waals surface area contributed by atoms with Crippen LogP contribution in [0.15, 0.2) is 38.1 Å². The Bertz CT molecular complexity index is 688. The summed E-state index contributed by atoms with van der Waals surface area (Å²) in [7, 11) is 1.65. The zero-order valence-corrected chi connectivity index (χ0v) is 14.0. The Hall–Kier alpha value is -1.40. The number of hydrogen-bond acceptors (Lipinski definition) is 4. The number of aromatic nitrogens is 1. The van der Waals surface area contributed by atoms with Crippen LogP contribution in [0.25, 0.3) is 0 Å². The number of nitrogens with zero attached hydrogens (tertiary/aromatic N) is 3. The highest BCUT2D eigenvalue weighted by molar-refractivity contribution is 9.10. The topological polar surface area (TPSA) is 38.9 Å². The average molecular weight is 354 g/mol. The molecule has 6 heteroatoms. The van der Waals surface area contributed by atoms with Crippen LogP contribution >= 0.6 is 27.3 Å². The number of rotatable bonds is 4. The largest absolute Gasteiger partial charge is 0.496 e. The molecule has 2 aromatic rings. The van der Waals surface area contributed by atoms with Gasteiger partial charge < -0.3 is 4.74 Å². The van der Waals surface area contributed by atoms with E-state index in [-0.39, 0.29) is 0 Å². The molecule has 0 fully saturated rings. The summed E-state index contributed by atoms with van der Waals surface area (Å²) < 4.78 is 8.17. The van der Waals surface area contributed by atoms with Crippen LogP contribution in [0.4, 0.5) is 0 Å². The molecule has 1 heterocycles. The molecule has 0 spiro atoms. The predicted octanol–water partition coefficient (Wildman–Crippen LogP) is 3.43. The van der Waals surface area contributed by atoms with Gasteiger partial charge in [0.1, 0.15) is 5.75 Å². The smallest absolute Gasteiger partial charge is 0.205 e. The summed E-state index contributed by atoms with van der Waals surface area (Å²) in [6, 6.07) is 5.83. The van der Waals surface area contributed by atoms with Gasteiger partial charge in [0.25, 0.3) is 0 Å². The molecule has 0 radical (unpaired) electrons. The molecule has 0 unspecified atom stereocenters. The maximum Gasteiger partial charge on any atom is 0.205 e. The van der Waals surface area contributed by atoms with Gasteiger partial charge in [0.2, 0.25) is 4.80 Å². The van der Waals surface area contributed by atoms with Gasteiger partial charge in [-0.05, 0) is 32.0 Å². The molecule has 0 bridgehead atoms. The molecule has 0 atom stereocenters. The van der Waals surface area contributed by atoms with Crippen molar-refractivity contribution in [1.82, 2.24) is 4.68 Å². The van der Waals surface area contributed by atoms with Gasteiger partial charge in [0.05, 0.1) is 19.0 Å². The first-order chi connectivity index (χ1) is 9.65. The molecular weight excluding hydrogens is 338 g/mol. The lowest BCUT2D eigenvalue weighted by molar-refractivity contribution is 0.414. The lowest BCUT2D eigenvalue weighted by atomic mass is 10.2. The third kappa shape index (κ3) is 3.37. The van der Waals surface area contributed by atoms with E-state index >= 15 is 0 Å². The van der Waals surface area contributed by atoms with E-state index in [1.807, 2.05) is 42.1 Å². The predicted molar refractivity (Wildman–Crippen MR) is 86.8 cm³/mol. The molecule has 0 aliphatic rings. The van der Waals surface area contributed by atoms with Gasteiger partial charge in [0, 0.05) is 22.0 Å². The fourth-order valence-corrected chi connectivity index (χ4v) is 2.94. The Morgan fingerprint density at radius 1 is 1.45 bits per heavy atom. The molecule has 0 N–H and O–H groups in total. The summed E-state index contributed by atoms with van der Waals surface area (Å²) in [5.74, 6) is 0.791. The second kappa shape index (κ2) is 6.85. The van der Waals surface area contributed by atoms with Gasteiger partial charge in [-0.2, -0.15) is 5.10 Å². The van der Waals surface area contributed by atoms with E-state index in [2.05, 4.69) is 26.0 Å². The van der Waals surface area contributed by atoms with Crippen molar-refractivity contribution in [2.45, 2.75) is 13.8 Å². The zero-order chi connectivity index (χ0) is 14.5. The monoisotopic (exact) mass is 353 g/mol. The minimum atomic E-state index is 0.746. The molecular formula is C14H16BrN3OS. The first-order valence-electron chi connectivity index (χ1n) is 6.21. The van der Waals surface area contributed by atoms with Gasteiger partial charge in [-0.15, -0.1) is 11.3 Å². The van der Waals surface area contributed by atoms with Gasteiger partial charge in [-0.25, -0.2) is 4.68 Å². The van der Waals surface area contributed by atoms with Crippen LogP contribution in [0, 0.1) is 6.92 Å². The Balaban J connectivity index is 2.42. The third-order valence-corrected chi connectivity index (χ3v) is 4.11. The zero-order valence-electron chi connectivity index (χ0n) is 11.6. The molecule has 4 nitrogen and oxygen atoms in total. The van der Waals surface area contributed by atoms with E-state index in [0.29, 0.717) is 0 Å².